The van der Waals surface area contributed by atoms with Crippen LogP contribution in [0.25, 0.3) is 0 Å². The summed E-state index contributed by atoms with van der Waals surface area (Å²) in [6, 6.07) is 6.65. The first-order chi connectivity index (χ1) is 14.2. The lowest BCUT2D eigenvalue weighted by Crippen LogP contribution is -2.15. The Morgan fingerprint density at radius 2 is 1.90 bits per heavy atom. The third kappa shape index (κ3) is 5.28. The number of aromatic nitrogens is 3. The van der Waals surface area contributed by atoms with Gasteiger partial charge in [0, 0.05) is 18.1 Å². The molecule has 1 amide bonds. The number of anilines is 1. The van der Waals surface area contributed by atoms with Gasteiger partial charge in [0.2, 0.25) is 5.91 Å². The average Bonchev–Trinajstić information content (AvgIpc) is 3.04. The predicted molar refractivity (Wildman–Crippen MR) is 112 cm³/mol. The highest BCUT2D eigenvalue weighted by Crippen LogP contribution is 2.26. The normalized spacial score (nSPS) is 10.9. The number of carbonyl (C=O) groups excluding carboxylic acids is 1. The van der Waals surface area contributed by atoms with Gasteiger partial charge in [-0.15, -0.1) is 10.2 Å². The van der Waals surface area contributed by atoms with Gasteiger partial charge in [0.15, 0.2) is 11.0 Å². The molecule has 0 fully saturated rings. The van der Waals surface area contributed by atoms with Crippen LogP contribution in [-0.4, -0.2) is 26.4 Å². The maximum absolute atomic E-state index is 13.6. The number of halogens is 3. The molecule has 0 saturated carbocycles. The molecule has 10 heteroatoms. The Labute approximate surface area is 181 Å². The average molecular weight is 453 g/mol. The fourth-order valence-electron chi connectivity index (χ4n) is 2.64. The fraction of sp³-hybridized carbons (Fsp3) is 0.250. The molecule has 3 rings (SSSR count). The number of aryl methyl sites for hydroxylation is 2. The third-order valence-corrected chi connectivity index (χ3v) is 5.86. The minimum Gasteiger partial charge on any atom is -0.486 e. The number of hydrogen-bond donors (Lipinski definition) is 1. The second kappa shape index (κ2) is 9.44. The molecule has 0 aliphatic heterocycles. The first-order valence-electron chi connectivity index (χ1n) is 8.90. The van der Waals surface area contributed by atoms with Crippen LogP contribution in [0.5, 0.6) is 5.75 Å². The van der Waals surface area contributed by atoms with Crippen LogP contribution in [0, 0.1) is 25.5 Å². The number of ether oxygens (including phenoxy) is 1. The minimum atomic E-state index is -0.834. The van der Waals surface area contributed by atoms with Crippen molar-refractivity contribution < 1.29 is 18.3 Å². The van der Waals surface area contributed by atoms with Gasteiger partial charge in [-0.25, -0.2) is 8.78 Å². The molecule has 158 valence electrons. The summed E-state index contributed by atoms with van der Waals surface area (Å²) in [5, 5.41) is 11.8. The maximum Gasteiger partial charge on any atom is 0.234 e. The summed E-state index contributed by atoms with van der Waals surface area (Å²) in [6.07, 6.45) is 0. The topological polar surface area (TPSA) is 69.0 Å². The number of nitrogens with one attached hydrogen (secondary N) is 1. The molecule has 0 radical (unpaired) electrons. The molecule has 1 heterocycles. The third-order valence-electron chi connectivity index (χ3n) is 4.24. The Morgan fingerprint density at radius 3 is 2.57 bits per heavy atom. The van der Waals surface area contributed by atoms with Crippen LogP contribution in [0.15, 0.2) is 35.5 Å². The molecule has 6 nitrogen and oxygen atoms in total. The molecule has 30 heavy (non-hydrogen) atoms. The summed E-state index contributed by atoms with van der Waals surface area (Å²) in [5.74, 6) is -0.755. The van der Waals surface area contributed by atoms with Gasteiger partial charge >= 0.3 is 0 Å². The van der Waals surface area contributed by atoms with Crippen molar-refractivity contribution in [2.24, 2.45) is 7.05 Å². The lowest BCUT2D eigenvalue weighted by atomic mass is 10.1. The van der Waals surface area contributed by atoms with E-state index in [4.69, 9.17) is 16.3 Å². The van der Waals surface area contributed by atoms with E-state index in [9.17, 15) is 13.6 Å². The van der Waals surface area contributed by atoms with Crippen molar-refractivity contribution in [2.75, 3.05) is 11.1 Å². The number of nitrogens with zero attached hydrogens (tertiary/aromatic N) is 3. The van der Waals surface area contributed by atoms with Gasteiger partial charge in [-0.1, -0.05) is 23.4 Å². The molecule has 3 aromatic rings. The highest BCUT2D eigenvalue weighted by molar-refractivity contribution is 7.99. The van der Waals surface area contributed by atoms with Crippen molar-refractivity contribution in [2.45, 2.75) is 25.6 Å². The molecule has 1 aromatic heterocycles. The van der Waals surface area contributed by atoms with Gasteiger partial charge in [-0.3, -0.25) is 4.79 Å². The Bertz CT molecular complexity index is 1070. The van der Waals surface area contributed by atoms with Crippen molar-refractivity contribution >= 4 is 35.0 Å². The van der Waals surface area contributed by atoms with Gasteiger partial charge in [-0.05, 0) is 49.2 Å². The van der Waals surface area contributed by atoms with E-state index in [1.165, 1.54) is 6.07 Å². The van der Waals surface area contributed by atoms with E-state index in [-0.39, 0.29) is 18.0 Å². The molecule has 0 saturated heterocycles. The molecule has 0 bridgehead atoms. The van der Waals surface area contributed by atoms with E-state index in [0.29, 0.717) is 27.8 Å². The van der Waals surface area contributed by atoms with Crippen LogP contribution in [0.4, 0.5) is 14.5 Å². The lowest BCUT2D eigenvalue weighted by molar-refractivity contribution is -0.113. The zero-order chi connectivity index (χ0) is 21.8. The fourth-order valence-corrected chi connectivity index (χ4v) is 3.48. The van der Waals surface area contributed by atoms with Crippen LogP contribution in [0.3, 0.4) is 0 Å². The quantitative estimate of drug-likeness (QED) is 0.527. The van der Waals surface area contributed by atoms with E-state index in [0.717, 1.165) is 29.0 Å². The van der Waals surface area contributed by atoms with Gasteiger partial charge < -0.3 is 14.6 Å². The zero-order valence-corrected chi connectivity index (χ0v) is 18.1. The van der Waals surface area contributed by atoms with E-state index in [2.05, 4.69) is 15.5 Å². The number of rotatable bonds is 7. The Kier molecular flexibility index (Phi) is 6.94. The van der Waals surface area contributed by atoms with Crippen LogP contribution in [0.2, 0.25) is 5.02 Å². The molecule has 1 N–H and O–H groups in total. The van der Waals surface area contributed by atoms with Gasteiger partial charge in [0.05, 0.1) is 11.4 Å². The van der Waals surface area contributed by atoms with Crippen molar-refractivity contribution in [1.29, 1.82) is 0 Å². The number of benzene rings is 2. The van der Waals surface area contributed by atoms with Crippen molar-refractivity contribution in [3.8, 4) is 5.75 Å². The summed E-state index contributed by atoms with van der Waals surface area (Å²) in [7, 11) is 1.76. The zero-order valence-electron chi connectivity index (χ0n) is 16.5. The number of hydrogen-bond acceptors (Lipinski definition) is 5. The number of amides is 1. The highest BCUT2D eigenvalue weighted by Gasteiger charge is 2.14. The molecule has 2 aromatic carbocycles. The van der Waals surface area contributed by atoms with E-state index >= 15 is 0 Å². The Morgan fingerprint density at radius 1 is 1.20 bits per heavy atom. The second-order valence-corrected chi connectivity index (χ2v) is 7.90. The SMILES string of the molecule is Cc1cc(OCc2nnc(SCC(=O)Nc3ccc(F)cc3F)n2C)cc(C)c1Cl. The molecule has 0 aliphatic carbocycles. The van der Waals surface area contributed by atoms with E-state index in [1.807, 2.05) is 26.0 Å². The largest absolute Gasteiger partial charge is 0.486 e. The van der Waals surface area contributed by atoms with Crippen LogP contribution in [-0.2, 0) is 18.4 Å². The Hall–Kier alpha value is -2.65. The lowest BCUT2D eigenvalue weighted by Gasteiger charge is -2.10. The predicted octanol–water partition coefficient (Wildman–Crippen LogP) is 4.67. The highest BCUT2D eigenvalue weighted by atomic mass is 35.5. The molecule has 0 aliphatic rings. The van der Waals surface area contributed by atoms with Crippen molar-refractivity contribution in [1.82, 2.24) is 14.8 Å². The molecule has 0 spiro atoms. The van der Waals surface area contributed by atoms with Gasteiger partial charge in [0.25, 0.3) is 0 Å². The summed E-state index contributed by atoms with van der Waals surface area (Å²) in [5.41, 5.74) is 1.76. The van der Waals surface area contributed by atoms with Crippen LogP contribution < -0.4 is 10.1 Å². The first-order valence-corrected chi connectivity index (χ1v) is 10.3. The van der Waals surface area contributed by atoms with Gasteiger partial charge in [0.1, 0.15) is 24.0 Å². The first kappa shape index (κ1) is 22.0. The van der Waals surface area contributed by atoms with Crippen LogP contribution in [0.1, 0.15) is 17.0 Å². The summed E-state index contributed by atoms with van der Waals surface area (Å²) in [6.45, 7) is 4.00. The maximum atomic E-state index is 13.6. The minimum absolute atomic E-state index is 0.0147. The van der Waals surface area contributed by atoms with Crippen molar-refractivity contribution in [3.05, 3.63) is 63.9 Å². The summed E-state index contributed by atoms with van der Waals surface area (Å²) >= 11 is 7.31. The molecule has 0 atom stereocenters. The van der Waals surface area contributed by atoms with Crippen LogP contribution >= 0.6 is 23.4 Å². The number of carbonyl (C=O) groups is 1. The standard InChI is InChI=1S/C20H19ClF2N4O2S/c1-11-6-14(7-12(2)19(11)21)29-9-17-25-26-20(27(17)3)30-10-18(28)24-16-5-4-13(22)8-15(16)23/h4-8H,9-10H2,1-3H3,(H,24,28). The number of thioether (sulfide) groups is 1. The van der Waals surface area contributed by atoms with E-state index in [1.54, 1.807) is 11.6 Å². The smallest absolute Gasteiger partial charge is 0.234 e. The molecular formula is C20H19ClF2N4O2S. The monoisotopic (exact) mass is 452 g/mol. The summed E-state index contributed by atoms with van der Waals surface area (Å²) < 4.78 is 34.1. The molecular weight excluding hydrogens is 434 g/mol. The van der Waals surface area contributed by atoms with Crippen molar-refractivity contribution in [3.63, 3.8) is 0 Å². The molecule has 0 unspecified atom stereocenters. The Balaban J connectivity index is 1.56. The van der Waals surface area contributed by atoms with Gasteiger partial charge in [-0.2, -0.15) is 0 Å². The van der Waals surface area contributed by atoms with E-state index < -0.39 is 17.5 Å². The summed E-state index contributed by atoms with van der Waals surface area (Å²) in [4.78, 5) is 12.1. The second-order valence-electron chi connectivity index (χ2n) is 6.58.